The van der Waals surface area contributed by atoms with Crippen LogP contribution in [0.25, 0.3) is 16.7 Å². The van der Waals surface area contributed by atoms with Gasteiger partial charge in [-0.2, -0.15) is 0 Å². The maximum absolute atomic E-state index is 13.0. The zero-order valence-corrected chi connectivity index (χ0v) is 18.8. The Labute approximate surface area is 196 Å². The van der Waals surface area contributed by atoms with Gasteiger partial charge in [0.15, 0.2) is 0 Å². The number of urea groups is 1. The summed E-state index contributed by atoms with van der Waals surface area (Å²) in [6.07, 6.45) is 1.75. The van der Waals surface area contributed by atoms with Crippen molar-refractivity contribution in [2.24, 2.45) is 0 Å². The van der Waals surface area contributed by atoms with Crippen molar-refractivity contribution < 1.29 is 14.4 Å². The van der Waals surface area contributed by atoms with E-state index in [1.54, 1.807) is 25.4 Å². The van der Waals surface area contributed by atoms with E-state index in [0.29, 0.717) is 11.3 Å². The number of carbonyl (C=O) groups is 3. The van der Waals surface area contributed by atoms with Crippen molar-refractivity contribution in [2.75, 3.05) is 11.9 Å². The van der Waals surface area contributed by atoms with Gasteiger partial charge in [-0.3, -0.25) is 19.1 Å². The van der Waals surface area contributed by atoms with Crippen LogP contribution < -0.4 is 10.6 Å². The van der Waals surface area contributed by atoms with Crippen molar-refractivity contribution in [3.8, 4) is 5.69 Å². The van der Waals surface area contributed by atoms with Gasteiger partial charge in [-0.05, 0) is 55.8 Å². The molecule has 8 heteroatoms. The number of aryl methyl sites for hydroxylation is 1. The smallest absolute Gasteiger partial charge is 0.325 e. The molecule has 1 saturated heterocycles. The Morgan fingerprint density at radius 2 is 1.71 bits per heavy atom. The van der Waals surface area contributed by atoms with Crippen LogP contribution >= 0.6 is 0 Å². The molecule has 0 aliphatic carbocycles. The van der Waals surface area contributed by atoms with E-state index in [1.807, 2.05) is 72.2 Å². The molecule has 170 valence electrons. The number of carbonyl (C=O) groups excluding carboxylic acids is 3. The molecule has 4 amide bonds. The monoisotopic (exact) mass is 453 g/mol. The molecule has 1 unspecified atom stereocenters. The molecule has 0 radical (unpaired) electrons. The first-order valence-corrected chi connectivity index (χ1v) is 10.9. The molecule has 0 bridgehead atoms. The Bertz CT molecular complexity index is 1410. The molecule has 1 aliphatic heterocycles. The standard InChI is InChI=1S/C26H23N5O3/c1-17-7-9-18(10-8-17)26(2)24(33)30(25(34)29-26)15-23(32)28-19-11-13-20(14-12-19)31-16-27-21-5-3-4-6-22(21)31/h3-14,16H,15H2,1-2H3,(H,28,32)(H,29,34). The summed E-state index contributed by atoms with van der Waals surface area (Å²) in [6, 6.07) is 21.9. The third-order valence-electron chi connectivity index (χ3n) is 6.09. The fourth-order valence-corrected chi connectivity index (χ4v) is 4.14. The molecule has 2 heterocycles. The minimum atomic E-state index is -1.21. The van der Waals surface area contributed by atoms with Gasteiger partial charge in [-0.1, -0.05) is 42.0 Å². The number of nitrogens with zero attached hydrogens (tertiary/aromatic N) is 3. The van der Waals surface area contributed by atoms with E-state index in [1.165, 1.54) is 0 Å². The molecule has 1 aliphatic rings. The lowest BCUT2D eigenvalue weighted by molar-refractivity contribution is -0.133. The van der Waals surface area contributed by atoms with Crippen LogP contribution in [0.1, 0.15) is 18.1 Å². The molecular formula is C26H23N5O3. The Morgan fingerprint density at radius 3 is 2.44 bits per heavy atom. The molecule has 1 fully saturated rings. The minimum Gasteiger partial charge on any atom is -0.325 e. The summed E-state index contributed by atoms with van der Waals surface area (Å²) in [5, 5.41) is 5.48. The molecule has 0 spiro atoms. The van der Waals surface area contributed by atoms with Crippen LogP contribution in [0.5, 0.6) is 0 Å². The number of imide groups is 1. The van der Waals surface area contributed by atoms with Crippen molar-refractivity contribution in [3.63, 3.8) is 0 Å². The Morgan fingerprint density at radius 1 is 1.00 bits per heavy atom. The molecule has 2 N–H and O–H groups in total. The molecule has 0 saturated carbocycles. The second-order valence-corrected chi connectivity index (χ2v) is 8.51. The predicted molar refractivity (Wildman–Crippen MR) is 128 cm³/mol. The molecular weight excluding hydrogens is 430 g/mol. The van der Waals surface area contributed by atoms with E-state index in [0.717, 1.165) is 27.2 Å². The van der Waals surface area contributed by atoms with Crippen molar-refractivity contribution >= 4 is 34.6 Å². The summed E-state index contributed by atoms with van der Waals surface area (Å²) < 4.78 is 1.96. The normalized spacial score (nSPS) is 17.8. The van der Waals surface area contributed by atoms with Crippen LogP contribution in [0.2, 0.25) is 0 Å². The Hall–Kier alpha value is -4.46. The number of rotatable bonds is 5. The van der Waals surface area contributed by atoms with E-state index in [-0.39, 0.29) is 6.54 Å². The van der Waals surface area contributed by atoms with E-state index < -0.39 is 23.4 Å². The molecule has 5 rings (SSSR count). The third kappa shape index (κ3) is 3.69. The van der Waals surface area contributed by atoms with Crippen LogP contribution in [0.4, 0.5) is 10.5 Å². The fraction of sp³-hybridized carbons (Fsp3) is 0.154. The Balaban J connectivity index is 1.27. The summed E-state index contributed by atoms with van der Waals surface area (Å²) in [7, 11) is 0. The number of nitrogens with one attached hydrogen (secondary N) is 2. The van der Waals surface area contributed by atoms with E-state index >= 15 is 0 Å². The number of imidazole rings is 1. The van der Waals surface area contributed by atoms with Crippen molar-refractivity contribution in [3.05, 3.63) is 90.3 Å². The topological polar surface area (TPSA) is 96.3 Å². The van der Waals surface area contributed by atoms with Crippen LogP contribution in [0, 0.1) is 6.92 Å². The molecule has 34 heavy (non-hydrogen) atoms. The van der Waals surface area contributed by atoms with Gasteiger partial charge in [0.05, 0.1) is 11.0 Å². The second kappa shape index (κ2) is 8.15. The van der Waals surface area contributed by atoms with Crippen LogP contribution in [-0.2, 0) is 15.1 Å². The number of hydrogen-bond donors (Lipinski definition) is 2. The summed E-state index contributed by atoms with van der Waals surface area (Å²) in [5.74, 6) is -0.920. The number of hydrogen-bond acceptors (Lipinski definition) is 4. The van der Waals surface area contributed by atoms with Gasteiger partial charge in [0.2, 0.25) is 5.91 Å². The zero-order chi connectivity index (χ0) is 23.9. The molecule has 1 aromatic heterocycles. The maximum atomic E-state index is 13.0. The van der Waals surface area contributed by atoms with E-state index in [4.69, 9.17) is 0 Å². The average Bonchev–Trinajstić information content (AvgIpc) is 3.35. The highest BCUT2D eigenvalue weighted by molar-refractivity contribution is 6.10. The summed E-state index contributed by atoms with van der Waals surface area (Å²) in [5.41, 5.74) is 3.84. The van der Waals surface area contributed by atoms with Gasteiger partial charge in [0, 0.05) is 11.4 Å². The van der Waals surface area contributed by atoms with Gasteiger partial charge in [-0.15, -0.1) is 0 Å². The van der Waals surface area contributed by atoms with Crippen molar-refractivity contribution in [1.29, 1.82) is 0 Å². The second-order valence-electron chi connectivity index (χ2n) is 8.51. The van der Waals surface area contributed by atoms with Crippen LogP contribution in [-0.4, -0.2) is 38.8 Å². The van der Waals surface area contributed by atoms with E-state index in [9.17, 15) is 14.4 Å². The molecule has 4 aromatic rings. The molecule has 8 nitrogen and oxygen atoms in total. The highest BCUT2D eigenvalue weighted by atomic mass is 16.2. The molecule has 3 aromatic carbocycles. The third-order valence-corrected chi connectivity index (χ3v) is 6.09. The first kappa shape index (κ1) is 21.4. The van der Waals surface area contributed by atoms with Crippen LogP contribution in [0.15, 0.2) is 79.1 Å². The number of aromatic nitrogens is 2. The first-order valence-electron chi connectivity index (χ1n) is 10.9. The maximum Gasteiger partial charge on any atom is 0.325 e. The lowest BCUT2D eigenvalue weighted by Crippen LogP contribution is -2.42. The highest BCUT2D eigenvalue weighted by Gasteiger charge is 2.49. The number of amides is 4. The minimum absolute atomic E-state index is 0.375. The predicted octanol–water partition coefficient (Wildman–Crippen LogP) is 3.74. The number of fused-ring (bicyclic) bond motifs is 1. The van der Waals surface area contributed by atoms with E-state index in [2.05, 4.69) is 15.6 Å². The Kier molecular flexibility index (Phi) is 5.13. The lowest BCUT2D eigenvalue weighted by Gasteiger charge is -2.22. The summed E-state index contributed by atoms with van der Waals surface area (Å²) in [6.45, 7) is 3.22. The SMILES string of the molecule is Cc1ccc(C2(C)NC(=O)N(CC(=O)Nc3ccc(-n4cnc5ccccc54)cc3)C2=O)cc1. The average molecular weight is 454 g/mol. The quantitative estimate of drug-likeness (QED) is 0.450. The van der Waals surface area contributed by atoms with Gasteiger partial charge >= 0.3 is 6.03 Å². The highest BCUT2D eigenvalue weighted by Crippen LogP contribution is 2.29. The fourth-order valence-electron chi connectivity index (χ4n) is 4.14. The zero-order valence-electron chi connectivity index (χ0n) is 18.8. The van der Waals surface area contributed by atoms with Gasteiger partial charge in [-0.25, -0.2) is 9.78 Å². The first-order chi connectivity index (χ1) is 16.3. The van der Waals surface area contributed by atoms with Crippen molar-refractivity contribution in [1.82, 2.24) is 19.8 Å². The number of benzene rings is 3. The lowest BCUT2D eigenvalue weighted by atomic mass is 9.91. The van der Waals surface area contributed by atoms with Crippen LogP contribution in [0.3, 0.4) is 0 Å². The van der Waals surface area contributed by atoms with Gasteiger partial charge < -0.3 is 10.6 Å². The van der Waals surface area contributed by atoms with Crippen molar-refractivity contribution in [2.45, 2.75) is 19.4 Å². The summed E-state index contributed by atoms with van der Waals surface area (Å²) >= 11 is 0. The number of anilines is 1. The number of para-hydroxylation sites is 2. The summed E-state index contributed by atoms with van der Waals surface area (Å²) in [4.78, 5) is 43.5. The largest absolute Gasteiger partial charge is 0.325 e. The van der Waals surface area contributed by atoms with Gasteiger partial charge in [0.1, 0.15) is 18.4 Å². The van der Waals surface area contributed by atoms with Gasteiger partial charge in [0.25, 0.3) is 5.91 Å². The molecule has 1 atom stereocenters.